The number of aromatic nitrogens is 2. The van der Waals surface area contributed by atoms with E-state index in [9.17, 15) is 9.59 Å². The third kappa shape index (κ3) is 3.09. The topological polar surface area (TPSA) is 67.2 Å². The third-order valence-corrected chi connectivity index (χ3v) is 6.03. The second kappa shape index (κ2) is 7.03. The molecule has 2 aromatic carbocycles. The summed E-state index contributed by atoms with van der Waals surface area (Å²) in [6.07, 6.45) is 4.36. The summed E-state index contributed by atoms with van der Waals surface area (Å²) in [7, 11) is 0. The molecule has 6 heteroatoms. The number of fused-ring (bicyclic) bond motifs is 3. The molecule has 0 radical (unpaired) electrons. The van der Waals surface area contributed by atoms with Crippen molar-refractivity contribution >= 4 is 34.5 Å². The molecule has 3 aromatic rings. The molecule has 6 nitrogen and oxygen atoms in total. The zero-order valence-electron chi connectivity index (χ0n) is 16.5. The molecule has 1 N–H and O–H groups in total. The molecule has 0 saturated heterocycles. The molecule has 148 valence electrons. The zero-order chi connectivity index (χ0) is 20.0. The number of hydrogen-bond donors (Lipinski definition) is 1. The van der Waals surface area contributed by atoms with Crippen LogP contribution in [0.2, 0.25) is 0 Å². The number of nitrogens with one attached hydrogen (secondary N) is 1. The molecule has 1 aliphatic carbocycles. The van der Waals surface area contributed by atoms with Crippen molar-refractivity contribution in [3.63, 3.8) is 0 Å². The van der Waals surface area contributed by atoms with Crippen molar-refractivity contribution in [2.45, 2.75) is 51.1 Å². The lowest BCUT2D eigenvalue weighted by atomic mass is 10.1. The molecule has 1 saturated carbocycles. The van der Waals surface area contributed by atoms with Crippen LogP contribution in [0.15, 0.2) is 48.5 Å². The number of aryl methyl sites for hydroxylation is 1. The van der Waals surface area contributed by atoms with Crippen LogP contribution in [0.1, 0.15) is 43.7 Å². The number of nitrogens with zero attached hydrogens (tertiary/aromatic N) is 3. The van der Waals surface area contributed by atoms with Crippen LogP contribution in [0, 0.1) is 6.92 Å². The maximum absolute atomic E-state index is 13.4. The lowest BCUT2D eigenvalue weighted by Crippen LogP contribution is -2.38. The Morgan fingerprint density at radius 2 is 1.83 bits per heavy atom. The summed E-state index contributed by atoms with van der Waals surface area (Å²) in [6, 6.07) is 15.1. The highest BCUT2D eigenvalue weighted by Gasteiger charge is 2.44. The Balaban J connectivity index is 1.47. The average molecular weight is 388 g/mol. The van der Waals surface area contributed by atoms with Crippen molar-refractivity contribution in [2.75, 3.05) is 10.2 Å². The second-order valence-electron chi connectivity index (χ2n) is 8.05. The normalized spacial score (nSPS) is 19.1. The maximum atomic E-state index is 13.4. The number of carbonyl (C=O) groups is 2. The van der Waals surface area contributed by atoms with Crippen LogP contribution in [0.4, 0.5) is 11.6 Å². The number of benzene rings is 2. The molecular formula is C23H24N4O2. The Hall–Kier alpha value is -3.15. The molecular weight excluding hydrogens is 364 g/mol. The van der Waals surface area contributed by atoms with Gasteiger partial charge >= 0.3 is 0 Å². The van der Waals surface area contributed by atoms with Gasteiger partial charge in [0.05, 0.1) is 17.5 Å². The van der Waals surface area contributed by atoms with E-state index in [1.165, 1.54) is 0 Å². The van der Waals surface area contributed by atoms with Crippen molar-refractivity contribution in [3.8, 4) is 0 Å². The van der Waals surface area contributed by atoms with Gasteiger partial charge < -0.3 is 5.32 Å². The smallest absolute Gasteiger partial charge is 0.253 e. The minimum absolute atomic E-state index is 0.00999. The van der Waals surface area contributed by atoms with Crippen molar-refractivity contribution in [2.24, 2.45) is 0 Å². The van der Waals surface area contributed by atoms with Gasteiger partial charge in [-0.05, 0) is 44.0 Å². The molecule has 2 heterocycles. The van der Waals surface area contributed by atoms with Crippen LogP contribution in [0.25, 0.3) is 11.0 Å². The average Bonchev–Trinajstić information content (AvgIpc) is 3.41. The van der Waals surface area contributed by atoms with Gasteiger partial charge in [0.15, 0.2) is 0 Å². The fraction of sp³-hybridized carbons (Fsp3) is 0.348. The van der Waals surface area contributed by atoms with Gasteiger partial charge in [-0.25, -0.2) is 4.98 Å². The van der Waals surface area contributed by atoms with Gasteiger partial charge in [-0.3, -0.25) is 19.1 Å². The van der Waals surface area contributed by atoms with Gasteiger partial charge in [0.1, 0.15) is 6.04 Å². The molecule has 2 aliphatic rings. The maximum Gasteiger partial charge on any atom is 0.253 e. The Kier molecular flexibility index (Phi) is 4.34. The summed E-state index contributed by atoms with van der Waals surface area (Å²) in [5.41, 5.74) is 3.65. The summed E-state index contributed by atoms with van der Waals surface area (Å²) in [5, 5.41) is 2.93. The molecule has 0 bridgehead atoms. The quantitative estimate of drug-likeness (QED) is 0.728. The predicted octanol–water partition coefficient (Wildman–Crippen LogP) is 4.20. The van der Waals surface area contributed by atoms with Crippen LogP contribution >= 0.6 is 0 Å². The molecule has 1 atom stereocenters. The number of para-hydroxylation sites is 2. The minimum atomic E-state index is -0.552. The number of rotatable bonds is 4. The van der Waals surface area contributed by atoms with Crippen LogP contribution in [-0.2, 0) is 9.59 Å². The van der Waals surface area contributed by atoms with Crippen molar-refractivity contribution < 1.29 is 9.59 Å². The van der Waals surface area contributed by atoms with E-state index in [1.807, 2.05) is 64.9 Å². The summed E-state index contributed by atoms with van der Waals surface area (Å²) in [5.74, 6) is 0.518. The molecule has 2 amide bonds. The van der Waals surface area contributed by atoms with E-state index >= 15 is 0 Å². The Morgan fingerprint density at radius 3 is 2.59 bits per heavy atom. The fourth-order valence-corrected chi connectivity index (χ4v) is 4.59. The highest BCUT2D eigenvalue weighted by molar-refractivity contribution is 6.05. The van der Waals surface area contributed by atoms with Crippen molar-refractivity contribution in [1.29, 1.82) is 0 Å². The van der Waals surface area contributed by atoms with Crippen LogP contribution in [0.3, 0.4) is 0 Å². The molecule has 1 fully saturated rings. The summed E-state index contributed by atoms with van der Waals surface area (Å²) < 4.78 is 1.96. The van der Waals surface area contributed by atoms with Crippen LogP contribution in [-0.4, -0.2) is 27.4 Å². The first-order valence-electron chi connectivity index (χ1n) is 10.3. The number of carbonyl (C=O) groups excluding carboxylic acids is 2. The molecule has 1 aromatic heterocycles. The number of anilines is 2. The minimum Gasteiger partial charge on any atom is -0.326 e. The highest BCUT2D eigenvalue weighted by atomic mass is 16.2. The van der Waals surface area contributed by atoms with Gasteiger partial charge in [-0.15, -0.1) is 0 Å². The highest BCUT2D eigenvalue weighted by Crippen LogP contribution is 2.40. The number of imidazole rings is 1. The lowest BCUT2D eigenvalue weighted by molar-refractivity contribution is -0.125. The number of amides is 2. The number of hydrogen-bond acceptors (Lipinski definition) is 3. The monoisotopic (exact) mass is 388 g/mol. The van der Waals surface area contributed by atoms with E-state index in [0.29, 0.717) is 5.95 Å². The molecule has 1 aliphatic heterocycles. The van der Waals surface area contributed by atoms with Crippen molar-refractivity contribution in [1.82, 2.24) is 9.55 Å². The summed E-state index contributed by atoms with van der Waals surface area (Å²) in [4.78, 5) is 32.8. The predicted molar refractivity (Wildman–Crippen MR) is 113 cm³/mol. The lowest BCUT2D eigenvalue weighted by Gasteiger charge is -2.22. The standard InChI is InChI=1S/C23H24N4O2/c1-15-10-12-16(13-11-15)24-21(28)14-20-22(29)26(17-6-2-3-7-17)23-25-18-8-4-5-9-19(18)27(20)23/h4-5,8-13,17,20H,2-3,6-7,14H2,1H3,(H,24,28). The molecule has 1 unspecified atom stereocenters. The molecule has 5 rings (SSSR count). The van der Waals surface area contributed by atoms with E-state index in [2.05, 4.69) is 5.32 Å². The van der Waals surface area contributed by atoms with E-state index < -0.39 is 6.04 Å². The Labute approximate surface area is 169 Å². The van der Waals surface area contributed by atoms with Gasteiger partial charge in [0.25, 0.3) is 5.91 Å². The Bertz CT molecular complexity index is 1080. The summed E-state index contributed by atoms with van der Waals surface area (Å²) in [6.45, 7) is 2.01. The van der Waals surface area contributed by atoms with E-state index in [-0.39, 0.29) is 24.3 Å². The molecule has 29 heavy (non-hydrogen) atoms. The van der Waals surface area contributed by atoms with Crippen molar-refractivity contribution in [3.05, 3.63) is 54.1 Å². The first kappa shape index (κ1) is 17.9. The Morgan fingerprint density at radius 1 is 1.10 bits per heavy atom. The van der Waals surface area contributed by atoms with Gasteiger partial charge in [-0.1, -0.05) is 42.7 Å². The third-order valence-electron chi connectivity index (χ3n) is 6.03. The van der Waals surface area contributed by atoms with Crippen LogP contribution in [0.5, 0.6) is 0 Å². The fourth-order valence-electron chi connectivity index (χ4n) is 4.59. The molecule has 0 spiro atoms. The van der Waals surface area contributed by atoms with E-state index in [4.69, 9.17) is 4.98 Å². The first-order valence-corrected chi connectivity index (χ1v) is 10.3. The van der Waals surface area contributed by atoms with Crippen LogP contribution < -0.4 is 10.2 Å². The summed E-state index contributed by atoms with van der Waals surface area (Å²) >= 11 is 0. The largest absolute Gasteiger partial charge is 0.326 e. The first-order chi connectivity index (χ1) is 14.1. The van der Waals surface area contributed by atoms with E-state index in [1.54, 1.807) is 0 Å². The SMILES string of the molecule is Cc1ccc(NC(=O)CC2C(=O)N(C3CCCC3)c3nc4ccccc4n32)cc1. The van der Waals surface area contributed by atoms with Gasteiger partial charge in [0, 0.05) is 11.7 Å². The van der Waals surface area contributed by atoms with Gasteiger partial charge in [0.2, 0.25) is 11.9 Å². The van der Waals surface area contributed by atoms with E-state index in [0.717, 1.165) is 48.0 Å². The zero-order valence-corrected chi connectivity index (χ0v) is 16.5. The van der Waals surface area contributed by atoms with Gasteiger partial charge in [-0.2, -0.15) is 0 Å². The second-order valence-corrected chi connectivity index (χ2v) is 8.05.